The molecule has 0 fully saturated rings. The van der Waals surface area contributed by atoms with E-state index in [0.29, 0.717) is 22.2 Å². The number of rotatable bonds is 10. The molecule has 0 N–H and O–H groups in total. The first kappa shape index (κ1) is 21.4. The zero-order valence-electron chi connectivity index (χ0n) is 16.2. The van der Waals surface area contributed by atoms with Crippen LogP contribution in [0.4, 0.5) is 0 Å². The fourth-order valence-corrected chi connectivity index (χ4v) is 19.8. The lowest BCUT2D eigenvalue weighted by Crippen LogP contribution is -2.57. The summed E-state index contributed by atoms with van der Waals surface area (Å²) in [6.07, 6.45) is 0. The van der Waals surface area contributed by atoms with Crippen LogP contribution in [0.3, 0.4) is 0 Å². The van der Waals surface area contributed by atoms with Gasteiger partial charge in [0.2, 0.25) is 0 Å². The van der Waals surface area contributed by atoms with Crippen molar-refractivity contribution in [3.8, 4) is 0 Å². The standard InChI is InChI=1S/C17H40O2Si2/c1-11-18-20(14(3)4,15(5)6)13-21(16(7)8,17(9)10)19-12-2/h14-17H,11-13H2,1-10H3. The molecule has 0 aliphatic carbocycles. The van der Waals surface area contributed by atoms with Gasteiger partial charge in [0.15, 0.2) is 16.6 Å². The van der Waals surface area contributed by atoms with Gasteiger partial charge in [0.1, 0.15) is 0 Å². The van der Waals surface area contributed by atoms with Gasteiger partial charge in [0.25, 0.3) is 0 Å². The van der Waals surface area contributed by atoms with Gasteiger partial charge < -0.3 is 8.85 Å². The van der Waals surface area contributed by atoms with Gasteiger partial charge in [-0.05, 0) is 41.7 Å². The summed E-state index contributed by atoms with van der Waals surface area (Å²) in [6.45, 7) is 24.9. The quantitative estimate of drug-likeness (QED) is 0.448. The van der Waals surface area contributed by atoms with Gasteiger partial charge in [-0.3, -0.25) is 0 Å². The van der Waals surface area contributed by atoms with Crippen molar-refractivity contribution in [2.45, 2.75) is 97.1 Å². The van der Waals surface area contributed by atoms with Crippen molar-refractivity contribution in [1.29, 1.82) is 0 Å². The van der Waals surface area contributed by atoms with Crippen molar-refractivity contribution in [3.05, 3.63) is 0 Å². The minimum absolute atomic E-state index is 0.641. The molecule has 128 valence electrons. The second-order valence-electron chi connectivity index (χ2n) is 7.57. The molecule has 21 heavy (non-hydrogen) atoms. The largest absolute Gasteiger partial charge is 0.417 e. The molecular weight excluding hydrogens is 292 g/mol. The molecule has 0 heterocycles. The summed E-state index contributed by atoms with van der Waals surface area (Å²) in [5, 5.41) is 0. The molecule has 0 spiro atoms. The summed E-state index contributed by atoms with van der Waals surface area (Å²) < 4.78 is 13.1. The van der Waals surface area contributed by atoms with Gasteiger partial charge in [-0.25, -0.2) is 0 Å². The van der Waals surface area contributed by atoms with Gasteiger partial charge in [0.05, 0.1) is 0 Å². The van der Waals surface area contributed by atoms with E-state index < -0.39 is 16.6 Å². The van der Waals surface area contributed by atoms with Gasteiger partial charge in [-0.2, -0.15) is 0 Å². The summed E-state index contributed by atoms with van der Waals surface area (Å²) in [4.78, 5) is 0. The Labute approximate surface area is 136 Å². The van der Waals surface area contributed by atoms with E-state index in [4.69, 9.17) is 8.85 Å². The van der Waals surface area contributed by atoms with E-state index in [0.717, 1.165) is 13.2 Å². The summed E-state index contributed by atoms with van der Waals surface area (Å²) >= 11 is 0. The smallest absolute Gasteiger partial charge is 0.197 e. The Balaban J connectivity index is 5.79. The normalized spacial score (nSPS) is 14.0. The highest BCUT2D eigenvalue weighted by Crippen LogP contribution is 2.47. The lowest BCUT2D eigenvalue weighted by molar-refractivity contribution is 0.287. The van der Waals surface area contributed by atoms with Crippen LogP contribution in [0.1, 0.15) is 69.2 Å². The molecular formula is C17H40O2Si2. The topological polar surface area (TPSA) is 18.5 Å². The van der Waals surface area contributed by atoms with Crippen LogP contribution in [0.25, 0.3) is 0 Å². The zero-order chi connectivity index (χ0) is 16.8. The van der Waals surface area contributed by atoms with E-state index >= 15 is 0 Å². The van der Waals surface area contributed by atoms with Crippen LogP contribution in [0, 0.1) is 0 Å². The summed E-state index contributed by atoms with van der Waals surface area (Å²) in [5.74, 6) is 0. The third-order valence-electron chi connectivity index (χ3n) is 5.29. The number of hydrogen-bond donors (Lipinski definition) is 0. The molecule has 4 heteroatoms. The molecule has 0 saturated heterocycles. The van der Waals surface area contributed by atoms with Crippen LogP contribution in [0.15, 0.2) is 0 Å². The van der Waals surface area contributed by atoms with E-state index in [-0.39, 0.29) is 0 Å². The lowest BCUT2D eigenvalue weighted by Gasteiger charge is -2.48. The maximum Gasteiger partial charge on any atom is 0.197 e. The van der Waals surface area contributed by atoms with E-state index in [2.05, 4.69) is 69.2 Å². The van der Waals surface area contributed by atoms with Crippen molar-refractivity contribution in [2.75, 3.05) is 13.2 Å². The highest BCUT2D eigenvalue weighted by molar-refractivity contribution is 6.94. The van der Waals surface area contributed by atoms with Crippen molar-refractivity contribution in [3.63, 3.8) is 0 Å². The highest BCUT2D eigenvalue weighted by Gasteiger charge is 2.53. The molecule has 0 atom stereocenters. The Kier molecular flexibility index (Phi) is 9.00. The van der Waals surface area contributed by atoms with Crippen molar-refractivity contribution >= 4 is 16.6 Å². The molecule has 0 radical (unpaired) electrons. The second-order valence-corrected chi connectivity index (χ2v) is 18.0. The number of hydrogen-bond acceptors (Lipinski definition) is 2. The lowest BCUT2D eigenvalue weighted by atomic mass is 10.5. The maximum atomic E-state index is 6.55. The summed E-state index contributed by atoms with van der Waals surface area (Å²) in [7, 11) is -3.62. The fraction of sp³-hybridized carbons (Fsp3) is 1.00. The molecule has 0 aromatic carbocycles. The van der Waals surface area contributed by atoms with Crippen molar-refractivity contribution in [1.82, 2.24) is 0 Å². The van der Waals surface area contributed by atoms with E-state index in [1.54, 1.807) is 0 Å². The first-order valence-corrected chi connectivity index (χ1v) is 13.4. The molecule has 0 unspecified atom stereocenters. The van der Waals surface area contributed by atoms with Crippen LogP contribution in [-0.4, -0.2) is 29.8 Å². The maximum absolute atomic E-state index is 6.55. The minimum Gasteiger partial charge on any atom is -0.417 e. The molecule has 0 aromatic heterocycles. The average molecular weight is 333 g/mol. The molecule has 0 bridgehead atoms. The second kappa shape index (κ2) is 8.85. The average Bonchev–Trinajstić information content (AvgIpc) is 2.35. The Morgan fingerprint density at radius 2 is 0.810 bits per heavy atom. The first-order chi connectivity index (χ1) is 9.60. The predicted molar refractivity (Wildman–Crippen MR) is 100.0 cm³/mol. The summed E-state index contributed by atoms with van der Waals surface area (Å²) in [5.41, 5.74) is 3.81. The summed E-state index contributed by atoms with van der Waals surface area (Å²) in [6, 6.07) is 0. The first-order valence-electron chi connectivity index (χ1n) is 8.88. The van der Waals surface area contributed by atoms with Crippen molar-refractivity contribution < 1.29 is 8.85 Å². The van der Waals surface area contributed by atoms with Crippen LogP contribution >= 0.6 is 0 Å². The Bertz CT molecular complexity index is 245. The Morgan fingerprint density at radius 3 is 0.952 bits per heavy atom. The third kappa shape index (κ3) is 4.66. The monoisotopic (exact) mass is 332 g/mol. The third-order valence-corrected chi connectivity index (χ3v) is 19.2. The van der Waals surface area contributed by atoms with Crippen molar-refractivity contribution in [2.24, 2.45) is 0 Å². The van der Waals surface area contributed by atoms with Gasteiger partial charge >= 0.3 is 0 Å². The molecule has 2 nitrogen and oxygen atoms in total. The molecule has 0 aromatic rings. The molecule has 0 aliphatic heterocycles. The molecule has 0 rings (SSSR count). The molecule has 0 saturated carbocycles. The van der Waals surface area contributed by atoms with Gasteiger partial charge in [-0.1, -0.05) is 55.4 Å². The molecule has 0 amide bonds. The van der Waals surface area contributed by atoms with Crippen LogP contribution in [0.2, 0.25) is 27.8 Å². The van der Waals surface area contributed by atoms with Crippen LogP contribution in [-0.2, 0) is 8.85 Å². The highest BCUT2D eigenvalue weighted by atomic mass is 28.4. The van der Waals surface area contributed by atoms with E-state index in [1.165, 1.54) is 5.67 Å². The van der Waals surface area contributed by atoms with E-state index in [9.17, 15) is 0 Å². The Morgan fingerprint density at radius 1 is 0.571 bits per heavy atom. The minimum atomic E-state index is -1.81. The Hall–Kier alpha value is 0.354. The van der Waals surface area contributed by atoms with Crippen LogP contribution < -0.4 is 0 Å². The van der Waals surface area contributed by atoms with Crippen LogP contribution in [0.5, 0.6) is 0 Å². The van der Waals surface area contributed by atoms with Gasteiger partial charge in [-0.15, -0.1) is 0 Å². The molecule has 0 aliphatic rings. The van der Waals surface area contributed by atoms with E-state index in [1.807, 2.05) is 0 Å². The fourth-order valence-electron chi connectivity index (χ4n) is 3.89. The SMILES string of the molecule is CCO[Si](C[Si](OCC)(C(C)C)C(C)C)(C(C)C)C(C)C. The predicted octanol–water partition coefficient (Wildman–Crippen LogP) is 6.13. The zero-order valence-corrected chi connectivity index (χ0v) is 18.2. The van der Waals surface area contributed by atoms with Gasteiger partial charge in [0, 0.05) is 13.2 Å².